The fourth-order valence-corrected chi connectivity index (χ4v) is 5.31. The van der Waals surface area contributed by atoms with Crippen molar-refractivity contribution < 1.29 is 27.8 Å². The number of aryl methyl sites for hydroxylation is 1. The molecule has 0 spiro atoms. The average molecular weight is 571 g/mol. The van der Waals surface area contributed by atoms with Crippen LogP contribution in [0.5, 0.6) is 0 Å². The van der Waals surface area contributed by atoms with Crippen LogP contribution in [0.4, 0.5) is 30.5 Å². The number of aliphatic hydroxyl groups is 1. The smallest absolute Gasteiger partial charge is 0.225 e. The SMILES string of the molecule is Cc1nc(NC2CCC(C(=O)N3CC[C@@H](O)C3)CC2)ncc1/N=C(\C#C[C@H]1CCOC1)Nc1c(F)cc(F)cc1F. The first-order chi connectivity index (χ1) is 19.7. The number of aliphatic hydroxyl groups excluding tert-OH is 1. The molecule has 3 fully saturated rings. The summed E-state index contributed by atoms with van der Waals surface area (Å²) in [5, 5.41) is 15.6. The molecule has 9 nitrogen and oxygen atoms in total. The van der Waals surface area contributed by atoms with Gasteiger partial charge in [-0.15, -0.1) is 0 Å². The number of halogens is 3. The summed E-state index contributed by atoms with van der Waals surface area (Å²) in [6.07, 6.45) is 5.53. The number of aliphatic imine (C=N–C) groups is 1. The molecular weight excluding hydrogens is 537 g/mol. The quantitative estimate of drug-likeness (QED) is 0.284. The van der Waals surface area contributed by atoms with Crippen LogP contribution < -0.4 is 10.6 Å². The topological polar surface area (TPSA) is 112 Å². The molecule has 2 atom stereocenters. The summed E-state index contributed by atoms with van der Waals surface area (Å²) < 4.78 is 47.4. The number of hydrogen-bond acceptors (Lipinski definition) is 7. The lowest BCUT2D eigenvalue weighted by atomic mass is 9.85. The van der Waals surface area contributed by atoms with Gasteiger partial charge >= 0.3 is 0 Å². The predicted molar refractivity (Wildman–Crippen MR) is 147 cm³/mol. The van der Waals surface area contributed by atoms with Crippen LogP contribution in [0.1, 0.15) is 44.2 Å². The molecule has 2 aromatic rings. The van der Waals surface area contributed by atoms with Crippen molar-refractivity contribution in [1.82, 2.24) is 14.9 Å². The van der Waals surface area contributed by atoms with Gasteiger partial charge in [0.15, 0.2) is 17.5 Å². The third-order valence-corrected chi connectivity index (χ3v) is 7.65. The highest BCUT2D eigenvalue weighted by Crippen LogP contribution is 2.29. The second-order valence-electron chi connectivity index (χ2n) is 10.7. The maximum absolute atomic E-state index is 14.3. The Bertz CT molecular complexity index is 1340. The van der Waals surface area contributed by atoms with Gasteiger partial charge in [0.1, 0.15) is 17.2 Å². The second kappa shape index (κ2) is 12.9. The lowest BCUT2D eigenvalue weighted by Crippen LogP contribution is -2.38. The summed E-state index contributed by atoms with van der Waals surface area (Å²) >= 11 is 0. The van der Waals surface area contributed by atoms with E-state index in [-0.39, 0.29) is 29.6 Å². The molecule has 3 heterocycles. The van der Waals surface area contributed by atoms with E-state index in [1.165, 1.54) is 6.20 Å². The molecule has 3 aliphatic rings. The van der Waals surface area contributed by atoms with Gasteiger partial charge in [0.25, 0.3) is 0 Å². The van der Waals surface area contributed by atoms with Crippen molar-refractivity contribution >= 4 is 29.1 Å². The van der Waals surface area contributed by atoms with E-state index in [0.29, 0.717) is 62.2 Å². The molecule has 2 aliphatic heterocycles. The van der Waals surface area contributed by atoms with Gasteiger partial charge in [-0.25, -0.2) is 28.1 Å². The number of nitrogens with zero attached hydrogens (tertiary/aromatic N) is 4. The Balaban J connectivity index is 1.26. The van der Waals surface area contributed by atoms with Crippen LogP contribution in [0.15, 0.2) is 23.3 Å². The summed E-state index contributed by atoms with van der Waals surface area (Å²) in [4.78, 5) is 27.8. The van der Waals surface area contributed by atoms with E-state index in [9.17, 15) is 23.1 Å². The minimum atomic E-state index is -1.11. The summed E-state index contributed by atoms with van der Waals surface area (Å²) in [6.45, 7) is 3.82. The molecule has 3 N–H and O–H groups in total. The number of β-amino-alcohol motifs (C(OH)–C–C–N with tert-alkyl or cyclic N) is 1. The first kappa shape index (κ1) is 28.8. The number of likely N-dealkylation sites (tertiary alicyclic amines) is 1. The maximum atomic E-state index is 14.3. The van der Waals surface area contributed by atoms with Crippen LogP contribution in [0.25, 0.3) is 0 Å². The second-order valence-corrected chi connectivity index (χ2v) is 10.7. The number of ether oxygens (including phenoxy) is 1. The average Bonchev–Trinajstić information content (AvgIpc) is 3.62. The number of anilines is 2. The van der Waals surface area contributed by atoms with E-state index in [0.717, 1.165) is 32.1 Å². The zero-order chi connectivity index (χ0) is 28.9. The van der Waals surface area contributed by atoms with Crippen LogP contribution in [-0.2, 0) is 9.53 Å². The van der Waals surface area contributed by atoms with Gasteiger partial charge in [0.05, 0.1) is 24.6 Å². The van der Waals surface area contributed by atoms with Crippen LogP contribution >= 0.6 is 0 Å². The van der Waals surface area contributed by atoms with Gasteiger partial charge in [-0.05, 0) is 51.4 Å². The lowest BCUT2D eigenvalue weighted by Gasteiger charge is -2.30. The van der Waals surface area contributed by atoms with E-state index in [2.05, 4.69) is 37.4 Å². The third-order valence-electron chi connectivity index (χ3n) is 7.65. The third kappa shape index (κ3) is 7.34. The number of rotatable bonds is 5. The number of carbonyl (C=O) groups excluding carboxylic acids is 1. The molecular formula is C29H33F3N6O3. The molecule has 41 heavy (non-hydrogen) atoms. The number of aromatic nitrogens is 2. The van der Waals surface area contributed by atoms with Crippen molar-refractivity contribution in [2.24, 2.45) is 16.8 Å². The summed E-state index contributed by atoms with van der Waals surface area (Å²) in [7, 11) is 0. The number of benzene rings is 1. The van der Waals surface area contributed by atoms with Crippen molar-refractivity contribution in [3.63, 3.8) is 0 Å². The van der Waals surface area contributed by atoms with Gasteiger partial charge in [0, 0.05) is 49.7 Å². The van der Waals surface area contributed by atoms with Gasteiger partial charge < -0.3 is 25.4 Å². The Morgan fingerprint density at radius 2 is 1.90 bits per heavy atom. The molecule has 0 unspecified atom stereocenters. The molecule has 1 aliphatic carbocycles. The fourth-order valence-electron chi connectivity index (χ4n) is 5.31. The monoisotopic (exact) mass is 570 g/mol. The number of amides is 1. The zero-order valence-corrected chi connectivity index (χ0v) is 22.8. The standard InChI is InChI=1S/C29H33F3N6O3/c1-17-25(36-26(7-2-18-9-11-41-16-18)37-27-23(31)12-20(30)13-24(27)32)14-33-29(34-17)35-21-5-3-19(4-6-21)28(40)38-10-8-22(39)15-38/h12-14,18-19,21-22,39H,3-6,8-11,15-16H2,1H3,(H,36,37)(H,33,34,35)/t18-,19?,21?,22+/m0/s1. The molecule has 1 amide bonds. The largest absolute Gasteiger partial charge is 0.391 e. The summed E-state index contributed by atoms with van der Waals surface area (Å²) in [6, 6.07) is 1.27. The maximum Gasteiger partial charge on any atom is 0.225 e. The molecule has 2 saturated heterocycles. The van der Waals surface area contributed by atoms with Crippen LogP contribution in [0.2, 0.25) is 0 Å². The Morgan fingerprint density at radius 1 is 1.15 bits per heavy atom. The minimum Gasteiger partial charge on any atom is -0.391 e. The highest BCUT2D eigenvalue weighted by atomic mass is 19.1. The molecule has 1 saturated carbocycles. The highest BCUT2D eigenvalue weighted by Gasteiger charge is 2.33. The van der Waals surface area contributed by atoms with Gasteiger partial charge in [-0.3, -0.25) is 4.79 Å². The van der Waals surface area contributed by atoms with Crippen LogP contribution in [-0.4, -0.2) is 70.2 Å². The zero-order valence-electron chi connectivity index (χ0n) is 22.8. The van der Waals surface area contributed by atoms with E-state index in [1.807, 2.05) is 0 Å². The van der Waals surface area contributed by atoms with E-state index in [4.69, 9.17) is 4.74 Å². The van der Waals surface area contributed by atoms with Gasteiger partial charge in [0.2, 0.25) is 11.9 Å². The van der Waals surface area contributed by atoms with Crippen molar-refractivity contribution in [1.29, 1.82) is 0 Å². The van der Waals surface area contributed by atoms with Crippen molar-refractivity contribution in [2.45, 2.75) is 57.6 Å². The number of carbonyl (C=O) groups is 1. The van der Waals surface area contributed by atoms with Gasteiger partial charge in [-0.2, -0.15) is 0 Å². The fraction of sp³-hybridized carbons (Fsp3) is 0.517. The van der Waals surface area contributed by atoms with Crippen LogP contribution in [0, 0.1) is 48.1 Å². The number of hydrogen-bond donors (Lipinski definition) is 3. The number of nitrogens with one attached hydrogen (secondary N) is 2. The van der Waals surface area contributed by atoms with Crippen molar-refractivity contribution in [3.05, 3.63) is 41.5 Å². The van der Waals surface area contributed by atoms with Gasteiger partial charge in [-0.1, -0.05) is 5.92 Å². The van der Waals surface area contributed by atoms with Crippen molar-refractivity contribution in [2.75, 3.05) is 36.9 Å². The summed E-state index contributed by atoms with van der Waals surface area (Å²) in [5.74, 6) is 3.03. The van der Waals surface area contributed by atoms with E-state index in [1.54, 1.807) is 11.8 Å². The first-order valence-electron chi connectivity index (χ1n) is 13.9. The molecule has 5 rings (SSSR count). The first-order valence-corrected chi connectivity index (χ1v) is 13.9. The molecule has 218 valence electrons. The van der Waals surface area contributed by atoms with Crippen molar-refractivity contribution in [3.8, 4) is 11.8 Å². The molecule has 0 bridgehead atoms. The Kier molecular flexibility index (Phi) is 9.05. The predicted octanol–water partition coefficient (Wildman–Crippen LogP) is 3.95. The number of amidine groups is 1. The Hall–Kier alpha value is -3.69. The normalized spacial score (nSPS) is 24.6. The Labute approximate surface area is 236 Å². The lowest BCUT2D eigenvalue weighted by molar-refractivity contribution is -0.135. The Morgan fingerprint density at radius 3 is 2.54 bits per heavy atom. The highest BCUT2D eigenvalue weighted by molar-refractivity contribution is 6.09. The van der Waals surface area contributed by atoms with Crippen LogP contribution in [0.3, 0.4) is 0 Å². The summed E-state index contributed by atoms with van der Waals surface area (Å²) in [5.41, 5.74) is 0.304. The molecule has 0 radical (unpaired) electrons. The minimum absolute atomic E-state index is 0.0312. The molecule has 12 heteroatoms. The molecule has 1 aromatic heterocycles. The molecule has 1 aromatic carbocycles. The van der Waals surface area contributed by atoms with E-state index < -0.39 is 29.2 Å². The van der Waals surface area contributed by atoms with E-state index >= 15 is 0 Å².